The number of ether oxygens (including phenoxy) is 1. The normalized spacial score (nSPS) is 33.0. The molecular weight excluding hydrogens is 264 g/mol. The summed E-state index contributed by atoms with van der Waals surface area (Å²) in [6.07, 6.45) is 4.18. The van der Waals surface area contributed by atoms with Gasteiger partial charge in [-0.3, -0.25) is 9.59 Å². The van der Waals surface area contributed by atoms with E-state index in [1.54, 1.807) is 6.07 Å². The van der Waals surface area contributed by atoms with Gasteiger partial charge in [-0.15, -0.1) is 0 Å². The summed E-state index contributed by atoms with van der Waals surface area (Å²) in [5.41, 5.74) is 1.16. The summed E-state index contributed by atoms with van der Waals surface area (Å²) in [4.78, 5) is 25.8. The SMILES string of the molecule is CCCOc1cccc2c1C(=O)C1C3CCC(C3)C1C2=O. The van der Waals surface area contributed by atoms with Gasteiger partial charge in [-0.2, -0.15) is 0 Å². The van der Waals surface area contributed by atoms with Gasteiger partial charge in [-0.1, -0.05) is 19.1 Å². The molecule has 2 bridgehead atoms. The van der Waals surface area contributed by atoms with Gasteiger partial charge in [0.1, 0.15) is 5.75 Å². The molecule has 2 saturated carbocycles. The van der Waals surface area contributed by atoms with E-state index in [1.165, 1.54) is 0 Å². The Hall–Kier alpha value is -1.64. The third-order valence-electron chi connectivity index (χ3n) is 5.52. The van der Waals surface area contributed by atoms with Crippen molar-refractivity contribution in [1.82, 2.24) is 0 Å². The number of hydrogen-bond donors (Lipinski definition) is 0. The highest BCUT2D eigenvalue weighted by Crippen LogP contribution is 2.56. The Labute approximate surface area is 124 Å². The van der Waals surface area contributed by atoms with Gasteiger partial charge in [0, 0.05) is 17.4 Å². The molecule has 2 fully saturated rings. The minimum absolute atomic E-state index is 0.0508. The van der Waals surface area contributed by atoms with Crippen LogP contribution in [-0.4, -0.2) is 18.2 Å². The number of fused-ring (bicyclic) bond motifs is 6. The van der Waals surface area contributed by atoms with Gasteiger partial charge >= 0.3 is 0 Å². The van der Waals surface area contributed by atoms with Crippen LogP contribution >= 0.6 is 0 Å². The summed E-state index contributed by atoms with van der Waals surface area (Å²) in [6, 6.07) is 5.46. The van der Waals surface area contributed by atoms with Gasteiger partial charge in [0.15, 0.2) is 11.6 Å². The third kappa shape index (κ3) is 1.73. The average Bonchev–Trinajstić information content (AvgIpc) is 3.11. The molecule has 0 aromatic heterocycles. The lowest BCUT2D eigenvalue weighted by molar-refractivity contribution is 0.0657. The molecule has 4 unspecified atom stereocenters. The van der Waals surface area contributed by atoms with E-state index in [0.717, 1.165) is 25.7 Å². The lowest BCUT2D eigenvalue weighted by Crippen LogP contribution is -2.40. The van der Waals surface area contributed by atoms with Gasteiger partial charge in [-0.05, 0) is 43.6 Å². The highest BCUT2D eigenvalue weighted by molar-refractivity contribution is 6.18. The minimum Gasteiger partial charge on any atom is -0.493 e. The minimum atomic E-state index is -0.0740. The van der Waals surface area contributed by atoms with Crippen molar-refractivity contribution >= 4 is 11.6 Å². The zero-order chi connectivity index (χ0) is 14.6. The Morgan fingerprint density at radius 2 is 1.81 bits per heavy atom. The number of benzene rings is 1. The maximum Gasteiger partial charge on any atom is 0.171 e. The van der Waals surface area contributed by atoms with Crippen molar-refractivity contribution in [3.63, 3.8) is 0 Å². The van der Waals surface area contributed by atoms with Gasteiger partial charge in [-0.25, -0.2) is 0 Å². The van der Waals surface area contributed by atoms with Crippen molar-refractivity contribution in [1.29, 1.82) is 0 Å². The van der Waals surface area contributed by atoms with Crippen LogP contribution in [0.25, 0.3) is 0 Å². The molecule has 3 aliphatic carbocycles. The molecule has 0 aliphatic heterocycles. The van der Waals surface area contributed by atoms with Gasteiger partial charge in [0.25, 0.3) is 0 Å². The van der Waals surface area contributed by atoms with Crippen LogP contribution in [0.1, 0.15) is 53.3 Å². The highest BCUT2D eigenvalue weighted by Gasteiger charge is 2.57. The predicted molar refractivity (Wildman–Crippen MR) is 78.7 cm³/mol. The summed E-state index contributed by atoms with van der Waals surface area (Å²) in [5.74, 6) is 1.68. The summed E-state index contributed by atoms with van der Waals surface area (Å²) in [7, 11) is 0. The van der Waals surface area contributed by atoms with Crippen LogP contribution in [0.15, 0.2) is 18.2 Å². The standard InChI is InChI=1S/C18H20O3/c1-2-8-21-13-5-3-4-12-16(13)18(20)15-11-7-6-10(9-11)14(15)17(12)19/h3-5,10-11,14-15H,2,6-9H2,1H3. The first kappa shape index (κ1) is 13.1. The van der Waals surface area contributed by atoms with E-state index in [0.29, 0.717) is 35.3 Å². The number of carbonyl (C=O) groups is 2. The fourth-order valence-corrected chi connectivity index (χ4v) is 4.71. The molecule has 0 saturated heterocycles. The Balaban J connectivity index is 1.81. The lowest BCUT2D eigenvalue weighted by atomic mass is 9.67. The van der Waals surface area contributed by atoms with Gasteiger partial charge in [0.05, 0.1) is 12.2 Å². The maximum absolute atomic E-state index is 13.0. The summed E-state index contributed by atoms with van der Waals surface area (Å²) in [5, 5.41) is 0. The fraction of sp³-hybridized carbons (Fsp3) is 0.556. The number of carbonyl (C=O) groups excluding carboxylic acids is 2. The number of rotatable bonds is 3. The topological polar surface area (TPSA) is 43.4 Å². The molecule has 1 aromatic carbocycles. The second-order valence-electron chi connectivity index (χ2n) is 6.64. The van der Waals surface area contributed by atoms with E-state index in [4.69, 9.17) is 4.74 Å². The molecule has 4 rings (SSSR count). The summed E-state index contributed by atoms with van der Waals surface area (Å²) in [6.45, 7) is 2.62. The molecule has 4 atom stereocenters. The van der Waals surface area contributed by atoms with E-state index >= 15 is 0 Å². The van der Waals surface area contributed by atoms with Crippen molar-refractivity contribution in [2.24, 2.45) is 23.7 Å². The molecular formula is C18H20O3. The Kier molecular flexibility index (Phi) is 2.91. The second kappa shape index (κ2) is 4.69. The van der Waals surface area contributed by atoms with Crippen LogP contribution in [0, 0.1) is 23.7 Å². The Morgan fingerprint density at radius 1 is 1.10 bits per heavy atom. The van der Waals surface area contributed by atoms with Crippen LogP contribution in [-0.2, 0) is 0 Å². The van der Waals surface area contributed by atoms with Crippen molar-refractivity contribution in [3.8, 4) is 5.75 Å². The molecule has 3 aliphatic rings. The highest BCUT2D eigenvalue weighted by atomic mass is 16.5. The van der Waals surface area contributed by atoms with Crippen LogP contribution < -0.4 is 4.74 Å². The van der Waals surface area contributed by atoms with E-state index in [1.807, 2.05) is 19.1 Å². The monoisotopic (exact) mass is 284 g/mol. The summed E-state index contributed by atoms with van der Waals surface area (Å²) >= 11 is 0. The molecule has 0 radical (unpaired) electrons. The largest absolute Gasteiger partial charge is 0.493 e. The number of hydrogen-bond acceptors (Lipinski definition) is 3. The fourth-order valence-electron chi connectivity index (χ4n) is 4.71. The zero-order valence-electron chi connectivity index (χ0n) is 12.3. The molecule has 1 aromatic rings. The van der Waals surface area contributed by atoms with Gasteiger partial charge < -0.3 is 4.74 Å². The first-order valence-corrected chi connectivity index (χ1v) is 8.06. The van der Waals surface area contributed by atoms with Crippen LogP contribution in [0.3, 0.4) is 0 Å². The molecule has 3 nitrogen and oxygen atoms in total. The van der Waals surface area contributed by atoms with Gasteiger partial charge in [0.2, 0.25) is 0 Å². The maximum atomic E-state index is 13.0. The Morgan fingerprint density at radius 3 is 2.52 bits per heavy atom. The number of ketones is 2. The lowest BCUT2D eigenvalue weighted by Gasteiger charge is -2.34. The Bertz CT molecular complexity index is 619. The van der Waals surface area contributed by atoms with Crippen molar-refractivity contribution < 1.29 is 14.3 Å². The average molecular weight is 284 g/mol. The van der Waals surface area contributed by atoms with Crippen LogP contribution in [0.2, 0.25) is 0 Å². The summed E-state index contributed by atoms with van der Waals surface area (Å²) < 4.78 is 5.73. The molecule has 0 spiro atoms. The molecule has 0 heterocycles. The third-order valence-corrected chi connectivity index (χ3v) is 5.52. The number of Topliss-reactive ketones (excluding diaryl/α,β-unsaturated/α-hetero) is 2. The molecule has 0 N–H and O–H groups in total. The van der Waals surface area contributed by atoms with E-state index in [9.17, 15) is 9.59 Å². The van der Waals surface area contributed by atoms with E-state index in [-0.39, 0.29) is 23.4 Å². The smallest absolute Gasteiger partial charge is 0.171 e. The van der Waals surface area contributed by atoms with Crippen LogP contribution in [0.5, 0.6) is 5.75 Å². The molecule has 0 amide bonds. The van der Waals surface area contributed by atoms with Crippen LogP contribution in [0.4, 0.5) is 0 Å². The molecule has 21 heavy (non-hydrogen) atoms. The second-order valence-corrected chi connectivity index (χ2v) is 6.64. The molecule has 110 valence electrons. The quantitative estimate of drug-likeness (QED) is 0.853. The zero-order valence-corrected chi connectivity index (χ0v) is 12.3. The first-order chi connectivity index (χ1) is 10.2. The predicted octanol–water partition coefficient (Wildman–Crippen LogP) is 3.52. The molecule has 3 heteroatoms. The van der Waals surface area contributed by atoms with E-state index in [2.05, 4.69) is 0 Å². The van der Waals surface area contributed by atoms with E-state index < -0.39 is 0 Å². The van der Waals surface area contributed by atoms with Crippen molar-refractivity contribution in [2.45, 2.75) is 32.6 Å². The first-order valence-electron chi connectivity index (χ1n) is 8.06. The van der Waals surface area contributed by atoms with Crippen molar-refractivity contribution in [2.75, 3.05) is 6.61 Å². The van der Waals surface area contributed by atoms with Crippen molar-refractivity contribution in [3.05, 3.63) is 29.3 Å².